The number of nitrogens with zero attached hydrogens (tertiary/aromatic N) is 1. The molecule has 0 aromatic heterocycles. The van der Waals surface area contributed by atoms with Crippen molar-refractivity contribution in [2.45, 2.75) is 6.42 Å². The fourth-order valence-corrected chi connectivity index (χ4v) is 3.08. The summed E-state index contributed by atoms with van der Waals surface area (Å²) in [5.74, 6) is -1.41. The van der Waals surface area contributed by atoms with Gasteiger partial charge in [0.25, 0.3) is 11.8 Å². The SMILES string of the molecule is C=C(CC(=O)OC)C(=O)OCCOc1ccc(C(=O)Oc2ccc(OCCN3C(=O)C=CC3=O)cc2)cc1. The molecule has 11 nitrogen and oxygen atoms in total. The molecule has 1 heterocycles. The number of amides is 2. The van der Waals surface area contributed by atoms with Gasteiger partial charge in [-0.05, 0) is 48.5 Å². The van der Waals surface area contributed by atoms with E-state index in [-0.39, 0.29) is 55.7 Å². The van der Waals surface area contributed by atoms with E-state index in [4.69, 9.17) is 18.9 Å². The molecular formula is C27H25NO10. The molecule has 38 heavy (non-hydrogen) atoms. The molecule has 0 N–H and O–H groups in total. The Bertz CT molecular complexity index is 1210. The Morgan fingerprint density at radius 2 is 1.34 bits per heavy atom. The van der Waals surface area contributed by atoms with Gasteiger partial charge in [-0.1, -0.05) is 6.58 Å². The van der Waals surface area contributed by atoms with E-state index in [0.717, 1.165) is 4.90 Å². The quantitative estimate of drug-likeness (QED) is 0.126. The Hall–Kier alpha value is -4.93. The van der Waals surface area contributed by atoms with Crippen molar-refractivity contribution in [3.05, 3.63) is 78.4 Å². The van der Waals surface area contributed by atoms with Gasteiger partial charge < -0.3 is 23.7 Å². The molecule has 1 aliphatic heterocycles. The summed E-state index contributed by atoms with van der Waals surface area (Å²) in [6.45, 7) is 3.72. The Morgan fingerprint density at radius 1 is 0.789 bits per heavy atom. The first-order valence-corrected chi connectivity index (χ1v) is 11.4. The molecule has 0 unspecified atom stereocenters. The van der Waals surface area contributed by atoms with Crippen LogP contribution in [0.2, 0.25) is 0 Å². The number of esters is 3. The Morgan fingerprint density at radius 3 is 1.95 bits per heavy atom. The van der Waals surface area contributed by atoms with Crippen LogP contribution in [-0.4, -0.2) is 68.1 Å². The molecule has 198 valence electrons. The lowest BCUT2D eigenvalue weighted by Crippen LogP contribution is -2.33. The molecule has 0 atom stereocenters. The highest BCUT2D eigenvalue weighted by molar-refractivity contribution is 6.12. The predicted molar refractivity (Wildman–Crippen MR) is 131 cm³/mol. The van der Waals surface area contributed by atoms with Crippen molar-refractivity contribution < 1.29 is 47.7 Å². The highest BCUT2D eigenvalue weighted by Crippen LogP contribution is 2.20. The number of benzene rings is 2. The number of methoxy groups -OCH3 is 1. The highest BCUT2D eigenvalue weighted by Gasteiger charge is 2.22. The van der Waals surface area contributed by atoms with Gasteiger partial charge in [0.2, 0.25) is 0 Å². The molecule has 0 bridgehead atoms. The minimum atomic E-state index is -0.718. The maximum Gasteiger partial charge on any atom is 0.343 e. The summed E-state index contributed by atoms with van der Waals surface area (Å²) in [6, 6.07) is 12.5. The predicted octanol–water partition coefficient (Wildman–Crippen LogP) is 2.25. The highest BCUT2D eigenvalue weighted by atomic mass is 16.6. The molecule has 11 heteroatoms. The van der Waals surface area contributed by atoms with E-state index in [2.05, 4.69) is 11.3 Å². The first kappa shape index (κ1) is 27.7. The van der Waals surface area contributed by atoms with Gasteiger partial charge in [0.15, 0.2) is 0 Å². The summed E-state index contributed by atoms with van der Waals surface area (Å²) in [4.78, 5) is 59.4. The summed E-state index contributed by atoms with van der Waals surface area (Å²) in [7, 11) is 1.21. The van der Waals surface area contributed by atoms with Crippen LogP contribution in [0.25, 0.3) is 0 Å². The molecule has 0 fully saturated rings. The molecule has 2 amide bonds. The largest absolute Gasteiger partial charge is 0.492 e. The second kappa shape index (κ2) is 13.4. The third-order valence-corrected chi connectivity index (χ3v) is 5.07. The summed E-state index contributed by atoms with van der Waals surface area (Å²) in [6.07, 6.45) is 2.16. The van der Waals surface area contributed by atoms with E-state index in [1.165, 1.54) is 31.4 Å². The van der Waals surface area contributed by atoms with Crippen molar-refractivity contribution in [3.8, 4) is 17.2 Å². The van der Waals surface area contributed by atoms with Crippen LogP contribution in [0.5, 0.6) is 17.2 Å². The second-order valence-electron chi connectivity index (χ2n) is 7.74. The molecule has 3 rings (SSSR count). The minimum absolute atomic E-state index is 0.0208. The second-order valence-corrected chi connectivity index (χ2v) is 7.74. The molecule has 2 aromatic rings. The van der Waals surface area contributed by atoms with E-state index >= 15 is 0 Å². The molecule has 0 radical (unpaired) electrons. The Balaban J connectivity index is 1.38. The van der Waals surface area contributed by atoms with Crippen molar-refractivity contribution in [1.29, 1.82) is 0 Å². The average molecular weight is 523 g/mol. The summed E-state index contributed by atoms with van der Waals surface area (Å²) in [5.41, 5.74) is 0.268. The Labute approximate surface area is 218 Å². The van der Waals surface area contributed by atoms with Crippen LogP contribution in [0.4, 0.5) is 0 Å². The Kier molecular flexibility index (Phi) is 9.75. The smallest absolute Gasteiger partial charge is 0.343 e. The van der Waals surface area contributed by atoms with E-state index in [9.17, 15) is 24.0 Å². The number of carbonyl (C=O) groups is 5. The van der Waals surface area contributed by atoms with Crippen LogP contribution in [0.1, 0.15) is 16.8 Å². The monoisotopic (exact) mass is 523 g/mol. The zero-order chi connectivity index (χ0) is 27.5. The van der Waals surface area contributed by atoms with Gasteiger partial charge in [0.1, 0.15) is 37.1 Å². The lowest BCUT2D eigenvalue weighted by molar-refractivity contribution is -0.144. The van der Waals surface area contributed by atoms with E-state index in [0.29, 0.717) is 17.2 Å². The molecule has 0 aliphatic carbocycles. The van der Waals surface area contributed by atoms with Gasteiger partial charge in [0.05, 0.1) is 25.6 Å². The minimum Gasteiger partial charge on any atom is -0.492 e. The van der Waals surface area contributed by atoms with E-state index in [1.54, 1.807) is 36.4 Å². The maximum absolute atomic E-state index is 12.4. The van der Waals surface area contributed by atoms with E-state index < -0.39 is 17.9 Å². The standard InChI is InChI=1S/C27H25NO10/c1-18(17-25(31)34-2)26(32)37-16-15-36-20-5-3-19(4-6-20)27(33)38-22-9-7-21(8-10-22)35-14-13-28-23(29)11-12-24(28)30/h3-12H,1,13-17H2,2H3. The third-order valence-electron chi connectivity index (χ3n) is 5.07. The van der Waals surface area contributed by atoms with Crippen LogP contribution in [-0.2, 0) is 28.7 Å². The zero-order valence-electron chi connectivity index (χ0n) is 20.5. The topological polar surface area (TPSA) is 135 Å². The van der Waals surface area contributed by atoms with Crippen LogP contribution in [0.15, 0.2) is 72.8 Å². The number of ether oxygens (including phenoxy) is 5. The van der Waals surface area contributed by atoms with Gasteiger partial charge in [-0.25, -0.2) is 9.59 Å². The molecule has 2 aromatic carbocycles. The fourth-order valence-electron chi connectivity index (χ4n) is 3.08. The van der Waals surface area contributed by atoms with Gasteiger partial charge >= 0.3 is 17.9 Å². The first-order chi connectivity index (χ1) is 18.3. The van der Waals surface area contributed by atoms with Gasteiger partial charge in [-0.15, -0.1) is 0 Å². The van der Waals surface area contributed by atoms with Crippen LogP contribution >= 0.6 is 0 Å². The van der Waals surface area contributed by atoms with Crippen molar-refractivity contribution in [3.63, 3.8) is 0 Å². The number of hydrogen-bond acceptors (Lipinski definition) is 10. The number of hydrogen-bond donors (Lipinski definition) is 0. The van der Waals surface area contributed by atoms with E-state index in [1.807, 2.05) is 0 Å². The molecule has 0 saturated heterocycles. The van der Waals surface area contributed by atoms with Crippen LogP contribution in [0.3, 0.4) is 0 Å². The van der Waals surface area contributed by atoms with Gasteiger partial charge in [-0.3, -0.25) is 19.3 Å². The van der Waals surface area contributed by atoms with Crippen molar-refractivity contribution in [2.75, 3.05) is 33.5 Å². The summed E-state index contributed by atoms with van der Waals surface area (Å²) in [5, 5.41) is 0. The van der Waals surface area contributed by atoms with Crippen molar-refractivity contribution in [2.24, 2.45) is 0 Å². The summed E-state index contributed by atoms with van der Waals surface area (Å²) < 4.78 is 25.8. The average Bonchev–Trinajstić information content (AvgIpc) is 3.24. The molecule has 0 saturated carbocycles. The zero-order valence-corrected chi connectivity index (χ0v) is 20.5. The fraction of sp³-hybridized carbons (Fsp3) is 0.222. The molecular weight excluding hydrogens is 498 g/mol. The van der Waals surface area contributed by atoms with Crippen LogP contribution < -0.4 is 14.2 Å². The lowest BCUT2D eigenvalue weighted by Gasteiger charge is -2.14. The van der Waals surface area contributed by atoms with Gasteiger partial charge in [-0.2, -0.15) is 0 Å². The van der Waals surface area contributed by atoms with Crippen LogP contribution in [0, 0.1) is 0 Å². The number of imide groups is 1. The normalized spacial score (nSPS) is 12.2. The van der Waals surface area contributed by atoms with Gasteiger partial charge in [0, 0.05) is 17.7 Å². The first-order valence-electron chi connectivity index (χ1n) is 11.4. The number of rotatable bonds is 13. The summed E-state index contributed by atoms with van der Waals surface area (Å²) >= 11 is 0. The van der Waals surface area contributed by atoms with Crippen molar-refractivity contribution in [1.82, 2.24) is 4.90 Å². The molecule has 1 aliphatic rings. The molecule has 0 spiro atoms. The maximum atomic E-state index is 12.4. The number of carbonyl (C=O) groups excluding carboxylic acids is 5. The van der Waals surface area contributed by atoms with Crippen molar-refractivity contribution >= 4 is 29.7 Å². The third kappa shape index (κ3) is 8.05. The lowest BCUT2D eigenvalue weighted by atomic mass is 10.2.